The highest BCUT2D eigenvalue weighted by Gasteiger charge is 2.11. The van der Waals surface area contributed by atoms with Crippen LogP contribution < -0.4 is 10.5 Å². The lowest BCUT2D eigenvalue weighted by atomic mass is 10.1. The first-order chi connectivity index (χ1) is 8.34. The number of primary sulfonamides is 1. The zero-order valence-electron chi connectivity index (χ0n) is 10.6. The van der Waals surface area contributed by atoms with Gasteiger partial charge < -0.3 is 10.4 Å². The van der Waals surface area contributed by atoms with Crippen molar-refractivity contribution in [3.8, 4) is 0 Å². The van der Waals surface area contributed by atoms with Crippen LogP contribution in [0.25, 0.3) is 0 Å². The molecule has 0 fully saturated rings. The largest absolute Gasteiger partial charge is 0.396 e. The molecular formula is C12H20N2O3S. The molecule has 102 valence electrons. The molecule has 1 aromatic rings. The molecule has 0 heterocycles. The first kappa shape index (κ1) is 15.1. The maximum absolute atomic E-state index is 11.1. The Morgan fingerprint density at radius 2 is 1.83 bits per heavy atom. The fourth-order valence-corrected chi connectivity index (χ4v) is 2.26. The Kier molecular flexibility index (Phi) is 5.28. The first-order valence-corrected chi connectivity index (χ1v) is 7.39. The highest BCUT2D eigenvalue weighted by atomic mass is 32.2. The molecule has 6 heteroatoms. The van der Waals surface area contributed by atoms with E-state index in [0.717, 1.165) is 5.56 Å². The summed E-state index contributed by atoms with van der Waals surface area (Å²) in [5.41, 5.74) is 0.979. The summed E-state index contributed by atoms with van der Waals surface area (Å²) in [4.78, 5) is 0.113. The summed E-state index contributed by atoms with van der Waals surface area (Å²) < 4.78 is 22.2. The molecule has 2 atom stereocenters. The Bertz CT molecular complexity index is 471. The van der Waals surface area contributed by atoms with Crippen LogP contribution in [0.15, 0.2) is 29.2 Å². The second-order valence-corrected chi connectivity index (χ2v) is 5.98. The molecule has 18 heavy (non-hydrogen) atoms. The van der Waals surface area contributed by atoms with E-state index in [9.17, 15) is 8.42 Å². The van der Waals surface area contributed by atoms with Gasteiger partial charge in [0, 0.05) is 18.7 Å². The molecule has 5 nitrogen and oxygen atoms in total. The average Bonchev–Trinajstić information content (AvgIpc) is 2.28. The number of benzene rings is 1. The van der Waals surface area contributed by atoms with E-state index in [1.165, 1.54) is 12.1 Å². The highest BCUT2D eigenvalue weighted by Crippen LogP contribution is 2.16. The molecule has 0 aliphatic rings. The Morgan fingerprint density at radius 3 is 2.28 bits per heavy atom. The number of aliphatic hydroxyl groups excluding tert-OH is 1. The van der Waals surface area contributed by atoms with Gasteiger partial charge in [-0.2, -0.15) is 0 Å². The Labute approximate surface area is 108 Å². The predicted molar refractivity (Wildman–Crippen MR) is 70.5 cm³/mol. The third-order valence-corrected chi connectivity index (χ3v) is 3.73. The average molecular weight is 272 g/mol. The summed E-state index contributed by atoms with van der Waals surface area (Å²) in [5.74, 6) is 0. The number of aliphatic hydroxyl groups is 1. The molecule has 0 saturated carbocycles. The van der Waals surface area contributed by atoms with Crippen molar-refractivity contribution in [2.45, 2.75) is 37.2 Å². The fraction of sp³-hybridized carbons (Fsp3) is 0.500. The van der Waals surface area contributed by atoms with Crippen LogP contribution in [0.2, 0.25) is 0 Å². The molecule has 0 aliphatic heterocycles. The monoisotopic (exact) mass is 272 g/mol. The quantitative estimate of drug-likeness (QED) is 0.712. The maximum atomic E-state index is 11.1. The number of nitrogens with one attached hydrogen (secondary N) is 1. The topological polar surface area (TPSA) is 92.4 Å². The van der Waals surface area contributed by atoms with E-state index in [1.807, 2.05) is 13.8 Å². The summed E-state index contributed by atoms with van der Waals surface area (Å²) in [6.45, 7) is 4.12. The highest BCUT2D eigenvalue weighted by molar-refractivity contribution is 7.89. The van der Waals surface area contributed by atoms with Crippen LogP contribution >= 0.6 is 0 Å². The van der Waals surface area contributed by atoms with Crippen LogP contribution in [-0.4, -0.2) is 26.2 Å². The molecule has 0 radical (unpaired) electrons. The molecule has 0 spiro atoms. The Morgan fingerprint density at radius 1 is 1.28 bits per heavy atom. The van der Waals surface area contributed by atoms with Crippen LogP contribution in [0.5, 0.6) is 0 Å². The third kappa shape index (κ3) is 4.38. The van der Waals surface area contributed by atoms with Gasteiger partial charge in [-0.3, -0.25) is 0 Å². The lowest BCUT2D eigenvalue weighted by Crippen LogP contribution is -2.29. The van der Waals surface area contributed by atoms with E-state index in [2.05, 4.69) is 5.32 Å². The second-order valence-electron chi connectivity index (χ2n) is 4.42. The van der Waals surface area contributed by atoms with Gasteiger partial charge in [0.05, 0.1) is 4.90 Å². The fourth-order valence-electron chi connectivity index (χ4n) is 1.75. The second kappa shape index (κ2) is 6.29. The summed E-state index contributed by atoms with van der Waals surface area (Å²) >= 11 is 0. The smallest absolute Gasteiger partial charge is 0.238 e. The molecule has 1 unspecified atom stereocenters. The van der Waals surface area contributed by atoms with E-state index >= 15 is 0 Å². The number of hydrogen-bond acceptors (Lipinski definition) is 4. The van der Waals surface area contributed by atoms with Crippen molar-refractivity contribution in [1.29, 1.82) is 0 Å². The summed E-state index contributed by atoms with van der Waals surface area (Å²) in [5, 5.41) is 17.2. The zero-order chi connectivity index (χ0) is 13.8. The minimum Gasteiger partial charge on any atom is -0.396 e. The van der Waals surface area contributed by atoms with Gasteiger partial charge in [0.15, 0.2) is 0 Å². The van der Waals surface area contributed by atoms with Crippen molar-refractivity contribution in [3.63, 3.8) is 0 Å². The lowest BCUT2D eigenvalue weighted by Gasteiger charge is -2.19. The molecule has 1 aromatic carbocycles. The summed E-state index contributed by atoms with van der Waals surface area (Å²) in [6, 6.07) is 6.76. The molecule has 4 N–H and O–H groups in total. The van der Waals surface area contributed by atoms with Crippen LogP contribution in [0.4, 0.5) is 0 Å². The number of nitrogens with two attached hydrogens (primary N) is 1. The van der Waals surface area contributed by atoms with Crippen LogP contribution in [0.3, 0.4) is 0 Å². The molecule has 0 bridgehead atoms. The molecule has 0 aliphatic carbocycles. The number of hydrogen-bond donors (Lipinski definition) is 3. The normalized spacial score (nSPS) is 15.3. The zero-order valence-corrected chi connectivity index (χ0v) is 11.4. The van der Waals surface area contributed by atoms with Crippen molar-refractivity contribution < 1.29 is 13.5 Å². The van der Waals surface area contributed by atoms with Crippen LogP contribution in [-0.2, 0) is 10.0 Å². The SMILES string of the molecule is CC(N[C@H](C)CCO)c1ccc(S(N)(=O)=O)cc1. The van der Waals surface area contributed by atoms with Crippen LogP contribution in [0.1, 0.15) is 31.9 Å². The van der Waals surface area contributed by atoms with Crippen molar-refractivity contribution in [1.82, 2.24) is 5.32 Å². The minimum absolute atomic E-state index is 0.0843. The van der Waals surface area contributed by atoms with E-state index in [4.69, 9.17) is 10.2 Å². The number of rotatable bonds is 6. The molecule has 0 saturated heterocycles. The summed E-state index contributed by atoms with van der Waals surface area (Å²) in [6.07, 6.45) is 0.680. The first-order valence-electron chi connectivity index (χ1n) is 5.84. The lowest BCUT2D eigenvalue weighted by molar-refractivity contribution is 0.264. The van der Waals surface area contributed by atoms with Gasteiger partial charge in [0.25, 0.3) is 0 Å². The molecular weight excluding hydrogens is 252 g/mol. The predicted octanol–water partition coefficient (Wildman–Crippen LogP) is 0.756. The Hall–Kier alpha value is -0.950. The van der Waals surface area contributed by atoms with Crippen molar-refractivity contribution in [3.05, 3.63) is 29.8 Å². The van der Waals surface area contributed by atoms with E-state index in [1.54, 1.807) is 12.1 Å². The van der Waals surface area contributed by atoms with E-state index in [-0.39, 0.29) is 23.6 Å². The molecule has 0 aromatic heterocycles. The summed E-state index contributed by atoms with van der Waals surface area (Å²) in [7, 11) is -3.63. The van der Waals surface area contributed by atoms with Gasteiger partial charge in [-0.25, -0.2) is 13.6 Å². The molecule has 1 rings (SSSR count). The van der Waals surface area contributed by atoms with E-state index in [0.29, 0.717) is 6.42 Å². The van der Waals surface area contributed by atoms with Gasteiger partial charge in [-0.15, -0.1) is 0 Å². The standard InChI is InChI=1S/C12H20N2O3S/c1-9(7-8-15)14-10(2)11-3-5-12(6-4-11)18(13,16)17/h3-6,9-10,14-15H,7-8H2,1-2H3,(H2,13,16,17)/t9-,10?/m1/s1. The van der Waals surface area contributed by atoms with Gasteiger partial charge >= 0.3 is 0 Å². The van der Waals surface area contributed by atoms with Gasteiger partial charge in [0.1, 0.15) is 0 Å². The maximum Gasteiger partial charge on any atom is 0.238 e. The van der Waals surface area contributed by atoms with Gasteiger partial charge in [-0.1, -0.05) is 12.1 Å². The van der Waals surface area contributed by atoms with Crippen molar-refractivity contribution >= 4 is 10.0 Å². The molecule has 0 amide bonds. The Balaban J connectivity index is 2.73. The van der Waals surface area contributed by atoms with Crippen molar-refractivity contribution in [2.24, 2.45) is 5.14 Å². The van der Waals surface area contributed by atoms with Crippen molar-refractivity contribution in [2.75, 3.05) is 6.61 Å². The van der Waals surface area contributed by atoms with Gasteiger partial charge in [0.2, 0.25) is 10.0 Å². The number of sulfonamides is 1. The van der Waals surface area contributed by atoms with E-state index < -0.39 is 10.0 Å². The van der Waals surface area contributed by atoms with Crippen LogP contribution in [0, 0.1) is 0 Å². The minimum atomic E-state index is -3.63. The third-order valence-electron chi connectivity index (χ3n) is 2.81. The van der Waals surface area contributed by atoms with Gasteiger partial charge in [-0.05, 0) is 38.0 Å².